The van der Waals surface area contributed by atoms with E-state index in [1.807, 2.05) is 44.2 Å². The molecule has 1 aromatic carbocycles. The van der Waals surface area contributed by atoms with E-state index in [0.29, 0.717) is 5.02 Å². The van der Waals surface area contributed by atoms with Gasteiger partial charge < -0.3 is 4.74 Å². The first kappa shape index (κ1) is 14.5. The first-order valence-corrected chi connectivity index (χ1v) is 6.81. The molecule has 1 unspecified atom stereocenters. The molecule has 0 radical (unpaired) electrons. The van der Waals surface area contributed by atoms with Crippen LogP contribution in [0.15, 0.2) is 48.8 Å². The number of ether oxygens (including phenoxy) is 1. The lowest BCUT2D eigenvalue weighted by atomic mass is 10.0. The molecule has 0 fully saturated rings. The van der Waals surface area contributed by atoms with Crippen molar-refractivity contribution in [2.75, 3.05) is 0 Å². The lowest BCUT2D eigenvalue weighted by Gasteiger charge is -2.17. The van der Waals surface area contributed by atoms with E-state index in [1.165, 1.54) is 0 Å². The molecule has 0 bridgehead atoms. The SMILES string of the molecule is CC(OC(=O)[C@H](C)c1ccccc1)c1cncc(Cl)c1. The molecule has 4 heteroatoms. The Kier molecular flexibility index (Phi) is 4.74. The van der Waals surface area contributed by atoms with Crippen LogP contribution in [0.4, 0.5) is 0 Å². The molecule has 0 saturated carbocycles. The summed E-state index contributed by atoms with van der Waals surface area (Å²) < 4.78 is 5.47. The highest BCUT2D eigenvalue weighted by atomic mass is 35.5. The molecule has 0 aliphatic heterocycles. The summed E-state index contributed by atoms with van der Waals surface area (Å²) in [5, 5.41) is 0.529. The molecular formula is C16H16ClNO2. The Morgan fingerprint density at radius 2 is 1.85 bits per heavy atom. The van der Waals surface area contributed by atoms with E-state index in [0.717, 1.165) is 11.1 Å². The van der Waals surface area contributed by atoms with Crippen molar-refractivity contribution in [3.8, 4) is 0 Å². The van der Waals surface area contributed by atoms with E-state index in [2.05, 4.69) is 4.98 Å². The summed E-state index contributed by atoms with van der Waals surface area (Å²) >= 11 is 5.88. The van der Waals surface area contributed by atoms with Crippen molar-refractivity contribution in [3.63, 3.8) is 0 Å². The van der Waals surface area contributed by atoms with Crippen molar-refractivity contribution in [2.45, 2.75) is 25.9 Å². The van der Waals surface area contributed by atoms with Crippen molar-refractivity contribution in [1.82, 2.24) is 4.98 Å². The third-order valence-electron chi connectivity index (χ3n) is 3.14. The van der Waals surface area contributed by atoms with Gasteiger partial charge in [0.15, 0.2) is 0 Å². The van der Waals surface area contributed by atoms with Gasteiger partial charge in [0.05, 0.1) is 10.9 Å². The summed E-state index contributed by atoms with van der Waals surface area (Å²) in [6, 6.07) is 11.3. The highest BCUT2D eigenvalue weighted by molar-refractivity contribution is 6.30. The minimum atomic E-state index is -0.375. The van der Waals surface area contributed by atoms with Crippen LogP contribution in [0.25, 0.3) is 0 Å². The van der Waals surface area contributed by atoms with Crippen LogP contribution >= 0.6 is 11.6 Å². The predicted molar refractivity (Wildman–Crippen MR) is 78.6 cm³/mol. The summed E-state index contributed by atoms with van der Waals surface area (Å²) in [5.41, 5.74) is 1.72. The molecule has 2 atom stereocenters. The Labute approximate surface area is 123 Å². The maximum absolute atomic E-state index is 12.1. The summed E-state index contributed by atoms with van der Waals surface area (Å²) in [5.74, 6) is -0.561. The van der Waals surface area contributed by atoms with Gasteiger partial charge in [0.2, 0.25) is 0 Å². The third kappa shape index (κ3) is 3.58. The molecule has 2 rings (SSSR count). The molecule has 1 aromatic heterocycles. The quantitative estimate of drug-likeness (QED) is 0.794. The first-order chi connectivity index (χ1) is 9.58. The second-order valence-corrected chi connectivity index (χ2v) is 5.08. The summed E-state index contributed by atoms with van der Waals surface area (Å²) in [6.45, 7) is 3.64. The molecule has 20 heavy (non-hydrogen) atoms. The van der Waals surface area contributed by atoms with Crippen LogP contribution in [0, 0.1) is 0 Å². The molecule has 0 amide bonds. The molecule has 0 N–H and O–H groups in total. The number of hydrogen-bond donors (Lipinski definition) is 0. The first-order valence-electron chi connectivity index (χ1n) is 6.44. The number of carbonyl (C=O) groups is 1. The molecule has 0 aliphatic carbocycles. The fourth-order valence-corrected chi connectivity index (χ4v) is 2.06. The van der Waals surface area contributed by atoms with Crippen molar-refractivity contribution >= 4 is 17.6 Å². The van der Waals surface area contributed by atoms with Gasteiger partial charge in [-0.25, -0.2) is 0 Å². The Balaban J connectivity index is 2.04. The van der Waals surface area contributed by atoms with Crippen molar-refractivity contribution < 1.29 is 9.53 Å². The standard InChI is InChI=1S/C16H16ClNO2/c1-11(13-6-4-3-5-7-13)16(19)20-12(2)14-8-15(17)10-18-9-14/h3-12H,1-2H3/t11-,12?/m1/s1. The fourth-order valence-electron chi connectivity index (χ4n) is 1.87. The summed E-state index contributed by atoms with van der Waals surface area (Å²) in [4.78, 5) is 16.1. The van der Waals surface area contributed by atoms with Crippen LogP contribution in [-0.4, -0.2) is 11.0 Å². The number of nitrogens with zero attached hydrogens (tertiary/aromatic N) is 1. The largest absolute Gasteiger partial charge is 0.457 e. The van der Waals surface area contributed by atoms with Crippen molar-refractivity contribution in [2.24, 2.45) is 0 Å². The van der Waals surface area contributed by atoms with Gasteiger partial charge in [0.1, 0.15) is 6.10 Å². The van der Waals surface area contributed by atoms with Crippen LogP contribution < -0.4 is 0 Å². The smallest absolute Gasteiger partial charge is 0.313 e. The van der Waals surface area contributed by atoms with Crippen LogP contribution in [-0.2, 0) is 9.53 Å². The Hall–Kier alpha value is -1.87. The summed E-state index contributed by atoms with van der Waals surface area (Å²) in [7, 11) is 0. The molecule has 1 heterocycles. The fraction of sp³-hybridized carbons (Fsp3) is 0.250. The monoisotopic (exact) mass is 289 g/mol. The summed E-state index contributed by atoms with van der Waals surface area (Å²) in [6.07, 6.45) is 2.82. The molecule has 0 spiro atoms. The van der Waals surface area contributed by atoms with Crippen LogP contribution in [0.3, 0.4) is 0 Å². The minimum absolute atomic E-state index is 0.260. The lowest BCUT2D eigenvalue weighted by molar-refractivity contribution is -0.150. The highest BCUT2D eigenvalue weighted by Gasteiger charge is 2.20. The van der Waals surface area contributed by atoms with Gasteiger partial charge in [-0.15, -0.1) is 0 Å². The molecule has 3 nitrogen and oxygen atoms in total. The van der Waals surface area contributed by atoms with Gasteiger partial charge in [-0.05, 0) is 25.5 Å². The number of benzene rings is 1. The average Bonchev–Trinajstić information content (AvgIpc) is 2.47. The van der Waals surface area contributed by atoms with Crippen LogP contribution in [0.1, 0.15) is 37.0 Å². The van der Waals surface area contributed by atoms with Gasteiger partial charge in [-0.3, -0.25) is 9.78 Å². The number of halogens is 1. The Morgan fingerprint density at radius 3 is 2.50 bits per heavy atom. The highest BCUT2D eigenvalue weighted by Crippen LogP contribution is 2.23. The van der Waals surface area contributed by atoms with E-state index in [4.69, 9.17) is 16.3 Å². The third-order valence-corrected chi connectivity index (χ3v) is 3.35. The van der Waals surface area contributed by atoms with Crippen LogP contribution in [0.5, 0.6) is 0 Å². The topological polar surface area (TPSA) is 39.2 Å². The van der Waals surface area contributed by atoms with E-state index in [1.54, 1.807) is 18.5 Å². The molecule has 2 aromatic rings. The second kappa shape index (κ2) is 6.53. The minimum Gasteiger partial charge on any atom is -0.457 e. The van der Waals surface area contributed by atoms with Gasteiger partial charge in [-0.2, -0.15) is 0 Å². The average molecular weight is 290 g/mol. The number of aromatic nitrogens is 1. The van der Waals surface area contributed by atoms with E-state index in [9.17, 15) is 4.79 Å². The normalized spacial score (nSPS) is 13.6. The number of hydrogen-bond acceptors (Lipinski definition) is 3. The maximum Gasteiger partial charge on any atom is 0.313 e. The van der Waals surface area contributed by atoms with Gasteiger partial charge >= 0.3 is 5.97 Å². The van der Waals surface area contributed by atoms with Crippen molar-refractivity contribution in [1.29, 1.82) is 0 Å². The Morgan fingerprint density at radius 1 is 1.15 bits per heavy atom. The van der Waals surface area contributed by atoms with Crippen LogP contribution in [0.2, 0.25) is 5.02 Å². The maximum atomic E-state index is 12.1. The van der Waals surface area contributed by atoms with E-state index in [-0.39, 0.29) is 18.0 Å². The van der Waals surface area contributed by atoms with Gasteiger partial charge in [0.25, 0.3) is 0 Å². The van der Waals surface area contributed by atoms with Gasteiger partial charge in [-0.1, -0.05) is 41.9 Å². The predicted octanol–water partition coefficient (Wildman–Crippen LogP) is 4.14. The van der Waals surface area contributed by atoms with E-state index >= 15 is 0 Å². The second-order valence-electron chi connectivity index (χ2n) is 4.65. The number of rotatable bonds is 4. The lowest BCUT2D eigenvalue weighted by Crippen LogP contribution is -2.15. The number of pyridine rings is 1. The number of carbonyl (C=O) groups excluding carboxylic acids is 1. The zero-order valence-corrected chi connectivity index (χ0v) is 12.2. The molecule has 104 valence electrons. The Bertz CT molecular complexity index is 586. The zero-order valence-electron chi connectivity index (χ0n) is 11.4. The zero-order chi connectivity index (χ0) is 14.5. The van der Waals surface area contributed by atoms with E-state index < -0.39 is 0 Å². The molecular weight excluding hydrogens is 274 g/mol. The van der Waals surface area contributed by atoms with Gasteiger partial charge in [0, 0.05) is 18.0 Å². The van der Waals surface area contributed by atoms with Crippen molar-refractivity contribution in [3.05, 3.63) is 64.9 Å². The molecule has 0 aliphatic rings. The number of esters is 1. The molecule has 0 saturated heterocycles.